The van der Waals surface area contributed by atoms with Gasteiger partial charge in [-0.3, -0.25) is 15.2 Å². The molecule has 1 heterocycles. The molecule has 0 fully saturated rings. The van der Waals surface area contributed by atoms with Crippen LogP contribution in [0.25, 0.3) is 0 Å². The van der Waals surface area contributed by atoms with E-state index >= 15 is 0 Å². The Morgan fingerprint density at radius 2 is 1.48 bits per heavy atom. The molecule has 3 aromatic rings. The Morgan fingerprint density at radius 3 is 2.06 bits per heavy atom. The van der Waals surface area contributed by atoms with Gasteiger partial charge in [0.1, 0.15) is 11.6 Å². The van der Waals surface area contributed by atoms with Crippen LogP contribution < -0.4 is 5.48 Å². The summed E-state index contributed by atoms with van der Waals surface area (Å²) in [6.07, 6.45) is 5.03. The molecule has 0 bridgehead atoms. The molecule has 3 nitrogen and oxygen atoms in total. The zero-order chi connectivity index (χ0) is 22.9. The normalized spacial score (nSPS) is 14.3. The van der Waals surface area contributed by atoms with Gasteiger partial charge in [0.25, 0.3) is 0 Å². The Morgan fingerprint density at radius 1 is 0.848 bits per heavy atom. The van der Waals surface area contributed by atoms with E-state index in [0.717, 1.165) is 61.3 Å². The van der Waals surface area contributed by atoms with Crippen molar-refractivity contribution >= 4 is 0 Å². The summed E-state index contributed by atoms with van der Waals surface area (Å²) in [6, 6.07) is 23.4. The van der Waals surface area contributed by atoms with Crippen molar-refractivity contribution in [3.8, 4) is 0 Å². The molecule has 0 saturated carbocycles. The second-order valence-electron chi connectivity index (χ2n) is 8.45. The van der Waals surface area contributed by atoms with E-state index in [1.54, 1.807) is 0 Å². The molecule has 0 aromatic heterocycles. The van der Waals surface area contributed by atoms with Crippen molar-refractivity contribution in [3.05, 3.63) is 119 Å². The molecule has 172 valence electrons. The quantitative estimate of drug-likeness (QED) is 0.375. The third kappa shape index (κ3) is 6.98. The van der Waals surface area contributed by atoms with E-state index in [0.29, 0.717) is 6.61 Å². The van der Waals surface area contributed by atoms with Crippen LogP contribution in [0.4, 0.5) is 8.78 Å². The summed E-state index contributed by atoms with van der Waals surface area (Å²) < 4.78 is 26.8. The van der Waals surface area contributed by atoms with Gasteiger partial charge in [-0.15, -0.1) is 0 Å². The molecule has 0 unspecified atom stereocenters. The number of nitrogens with zero attached hydrogens (tertiary/aromatic N) is 1. The number of hydrogen-bond donors (Lipinski definition) is 1. The predicted octanol–water partition coefficient (Wildman–Crippen LogP) is 6.19. The molecule has 0 atom stereocenters. The number of hydroxylamine groups is 1. The smallest absolute Gasteiger partial charge is 0.123 e. The van der Waals surface area contributed by atoms with Gasteiger partial charge in [0.2, 0.25) is 0 Å². The molecule has 1 N–H and O–H groups in total. The maximum Gasteiger partial charge on any atom is 0.123 e. The predicted molar refractivity (Wildman–Crippen MR) is 127 cm³/mol. The van der Waals surface area contributed by atoms with Gasteiger partial charge in [0.05, 0.1) is 6.61 Å². The van der Waals surface area contributed by atoms with Gasteiger partial charge in [0, 0.05) is 31.1 Å². The Balaban J connectivity index is 1.26. The molecule has 0 amide bonds. The molecule has 0 spiro atoms. The van der Waals surface area contributed by atoms with E-state index in [1.165, 1.54) is 24.3 Å². The Labute approximate surface area is 194 Å². The van der Waals surface area contributed by atoms with Crippen LogP contribution in [0, 0.1) is 11.6 Å². The summed E-state index contributed by atoms with van der Waals surface area (Å²) >= 11 is 0. The molecule has 3 aromatic carbocycles. The second-order valence-corrected chi connectivity index (χ2v) is 8.45. The average Bonchev–Trinajstić information content (AvgIpc) is 2.85. The lowest BCUT2D eigenvalue weighted by Gasteiger charge is -2.27. The number of nitrogens with one attached hydrogen (secondary N) is 1. The van der Waals surface area contributed by atoms with Crippen LogP contribution in [0.1, 0.15) is 41.9 Å². The summed E-state index contributed by atoms with van der Waals surface area (Å²) in [5.41, 5.74) is 7.47. The minimum atomic E-state index is -0.242. The lowest BCUT2D eigenvalue weighted by molar-refractivity contribution is 0.0440. The Kier molecular flexibility index (Phi) is 8.23. The molecule has 0 radical (unpaired) electrons. The maximum atomic E-state index is 13.4. The van der Waals surface area contributed by atoms with E-state index in [-0.39, 0.29) is 17.6 Å². The lowest BCUT2D eigenvalue weighted by Crippen LogP contribution is -2.32. The van der Waals surface area contributed by atoms with E-state index in [9.17, 15) is 8.78 Å². The first-order valence-electron chi connectivity index (χ1n) is 11.5. The van der Waals surface area contributed by atoms with Gasteiger partial charge in [-0.2, -0.15) is 0 Å². The molecule has 33 heavy (non-hydrogen) atoms. The van der Waals surface area contributed by atoms with Gasteiger partial charge in [0.15, 0.2) is 0 Å². The highest BCUT2D eigenvalue weighted by atomic mass is 19.1. The Hall–Kier alpha value is -3.02. The molecular weight excluding hydrogens is 418 g/mol. The zero-order valence-electron chi connectivity index (χ0n) is 18.7. The summed E-state index contributed by atoms with van der Waals surface area (Å²) in [6.45, 7) is 3.38. The van der Waals surface area contributed by atoms with Crippen LogP contribution in [0.2, 0.25) is 0 Å². The van der Waals surface area contributed by atoms with Crippen LogP contribution in [0.3, 0.4) is 0 Å². The third-order valence-electron chi connectivity index (χ3n) is 6.09. The van der Waals surface area contributed by atoms with Gasteiger partial charge >= 0.3 is 0 Å². The lowest BCUT2D eigenvalue weighted by atomic mass is 9.87. The van der Waals surface area contributed by atoms with E-state index in [4.69, 9.17) is 4.84 Å². The van der Waals surface area contributed by atoms with E-state index in [2.05, 4.69) is 16.5 Å². The number of rotatable bonds is 10. The highest BCUT2D eigenvalue weighted by Crippen LogP contribution is 2.30. The fourth-order valence-corrected chi connectivity index (χ4v) is 4.23. The average molecular weight is 449 g/mol. The van der Waals surface area contributed by atoms with Crippen molar-refractivity contribution in [2.45, 2.75) is 31.8 Å². The molecular formula is C28H30F2N2O. The number of benzene rings is 3. The zero-order valence-corrected chi connectivity index (χ0v) is 18.7. The van der Waals surface area contributed by atoms with Crippen molar-refractivity contribution in [2.75, 3.05) is 19.6 Å². The fourth-order valence-electron chi connectivity index (χ4n) is 4.23. The van der Waals surface area contributed by atoms with Gasteiger partial charge < -0.3 is 0 Å². The topological polar surface area (TPSA) is 24.5 Å². The van der Waals surface area contributed by atoms with E-state index < -0.39 is 0 Å². The standard InChI is InChI=1S/C28H30F2N2O/c29-25-12-8-23(9-13-25)28(24-10-14-26(30)15-11-24)7-4-18-32-19-16-27(17-20-32)31-33-21-22-5-2-1-3-6-22/h1-3,5-6,8-16,28,31H,4,7,17-21H2. The second kappa shape index (κ2) is 11.7. The maximum absolute atomic E-state index is 13.4. The van der Waals surface area contributed by atoms with Crippen molar-refractivity contribution in [2.24, 2.45) is 0 Å². The summed E-state index contributed by atoms with van der Waals surface area (Å²) in [5.74, 6) is -0.363. The summed E-state index contributed by atoms with van der Waals surface area (Å²) in [5, 5.41) is 0. The van der Waals surface area contributed by atoms with Crippen LogP contribution in [0.5, 0.6) is 0 Å². The van der Waals surface area contributed by atoms with Gasteiger partial charge in [-0.1, -0.05) is 54.6 Å². The van der Waals surface area contributed by atoms with Crippen molar-refractivity contribution < 1.29 is 13.6 Å². The van der Waals surface area contributed by atoms with Crippen LogP contribution >= 0.6 is 0 Å². The highest BCUT2D eigenvalue weighted by molar-refractivity contribution is 5.32. The minimum Gasteiger partial charge on any atom is -0.299 e. The van der Waals surface area contributed by atoms with Crippen molar-refractivity contribution in [1.82, 2.24) is 10.4 Å². The molecule has 5 heteroatoms. The highest BCUT2D eigenvalue weighted by Gasteiger charge is 2.17. The number of hydrogen-bond acceptors (Lipinski definition) is 3. The van der Waals surface area contributed by atoms with Crippen molar-refractivity contribution in [1.29, 1.82) is 0 Å². The first-order chi connectivity index (χ1) is 16.2. The molecule has 4 rings (SSSR count). The molecule has 1 aliphatic heterocycles. The monoisotopic (exact) mass is 448 g/mol. The molecule has 1 aliphatic rings. The minimum absolute atomic E-state index is 0.121. The first kappa shape index (κ1) is 23.1. The SMILES string of the molecule is Fc1ccc(C(CCCN2CC=C(NOCc3ccccc3)CC2)c2ccc(F)cc2)cc1. The Bertz CT molecular complexity index is 975. The molecule has 0 aliphatic carbocycles. The van der Waals surface area contributed by atoms with Crippen LogP contribution in [-0.2, 0) is 11.4 Å². The first-order valence-corrected chi connectivity index (χ1v) is 11.5. The summed E-state index contributed by atoms with van der Waals surface area (Å²) in [4.78, 5) is 8.06. The fraction of sp³-hybridized carbons (Fsp3) is 0.286. The van der Waals surface area contributed by atoms with Crippen molar-refractivity contribution in [3.63, 3.8) is 0 Å². The van der Waals surface area contributed by atoms with Crippen LogP contribution in [0.15, 0.2) is 90.6 Å². The van der Waals surface area contributed by atoms with Gasteiger partial charge in [-0.05, 0) is 66.4 Å². The van der Waals surface area contributed by atoms with Crippen LogP contribution in [-0.4, -0.2) is 24.5 Å². The van der Waals surface area contributed by atoms with Gasteiger partial charge in [-0.25, -0.2) is 8.78 Å². The largest absolute Gasteiger partial charge is 0.299 e. The number of halogens is 2. The van der Waals surface area contributed by atoms with E-state index in [1.807, 2.05) is 54.6 Å². The third-order valence-corrected chi connectivity index (χ3v) is 6.09. The molecule has 0 saturated heterocycles. The summed E-state index contributed by atoms with van der Waals surface area (Å²) in [7, 11) is 0.